The van der Waals surface area contributed by atoms with E-state index in [1.54, 1.807) is 11.3 Å². The molecule has 0 spiro atoms. The topological polar surface area (TPSA) is 33.1 Å². The van der Waals surface area contributed by atoms with Gasteiger partial charge in [0.15, 0.2) is 0 Å². The molecular weight excluding hydrogens is 230 g/mol. The highest BCUT2D eigenvalue weighted by atomic mass is 32.1. The number of thiazole rings is 1. The van der Waals surface area contributed by atoms with Gasteiger partial charge < -0.3 is 5.11 Å². The van der Waals surface area contributed by atoms with Crippen LogP contribution in [0.3, 0.4) is 0 Å². The summed E-state index contributed by atoms with van der Waals surface area (Å²) in [5.74, 6) is 0.633. The van der Waals surface area contributed by atoms with Crippen molar-refractivity contribution >= 4 is 11.3 Å². The third-order valence-electron chi connectivity index (χ3n) is 4.25. The summed E-state index contributed by atoms with van der Waals surface area (Å²) in [6.45, 7) is 9.05. The largest absolute Gasteiger partial charge is 0.387 e. The Labute approximate surface area is 107 Å². The van der Waals surface area contributed by atoms with Crippen LogP contribution < -0.4 is 0 Å². The van der Waals surface area contributed by atoms with Gasteiger partial charge in [-0.3, -0.25) is 0 Å². The van der Waals surface area contributed by atoms with Crippen molar-refractivity contribution in [3.8, 4) is 0 Å². The fraction of sp³-hybridized carbons (Fsp3) is 0.786. The third kappa shape index (κ3) is 1.93. The van der Waals surface area contributed by atoms with Crippen LogP contribution in [0.5, 0.6) is 0 Å². The van der Waals surface area contributed by atoms with Gasteiger partial charge in [-0.05, 0) is 30.1 Å². The Bertz CT molecular complexity index is 461. The van der Waals surface area contributed by atoms with Gasteiger partial charge in [0.05, 0.1) is 21.7 Å². The number of rotatable bonds is 1. The molecule has 1 aromatic heterocycles. The molecule has 2 nitrogen and oxygen atoms in total. The fourth-order valence-corrected chi connectivity index (χ4v) is 4.33. The molecule has 94 valence electrons. The first-order chi connectivity index (χ1) is 7.78. The van der Waals surface area contributed by atoms with Crippen molar-refractivity contribution in [3.05, 3.63) is 15.6 Å². The van der Waals surface area contributed by atoms with E-state index in [4.69, 9.17) is 4.98 Å². The molecule has 1 fully saturated rings. The molecule has 0 amide bonds. The van der Waals surface area contributed by atoms with E-state index in [-0.39, 0.29) is 11.5 Å². The Kier molecular flexibility index (Phi) is 2.28. The van der Waals surface area contributed by atoms with E-state index in [2.05, 4.69) is 27.7 Å². The number of aliphatic hydroxyl groups excluding tert-OH is 1. The van der Waals surface area contributed by atoms with Crippen molar-refractivity contribution in [2.24, 2.45) is 10.8 Å². The lowest BCUT2D eigenvalue weighted by Crippen LogP contribution is -2.24. The second-order valence-electron chi connectivity index (χ2n) is 7.17. The van der Waals surface area contributed by atoms with E-state index in [0.717, 1.165) is 23.4 Å². The molecule has 2 unspecified atom stereocenters. The molecule has 0 aliphatic heterocycles. The first kappa shape index (κ1) is 11.7. The van der Waals surface area contributed by atoms with E-state index < -0.39 is 0 Å². The van der Waals surface area contributed by atoms with Gasteiger partial charge in [-0.15, -0.1) is 11.3 Å². The molecule has 0 radical (unpaired) electrons. The molecular formula is C14H21NOS. The minimum absolute atomic E-state index is 0.191. The molecule has 0 bridgehead atoms. The van der Waals surface area contributed by atoms with Crippen LogP contribution in [0.2, 0.25) is 0 Å². The minimum atomic E-state index is -0.290. The highest BCUT2D eigenvalue weighted by Crippen LogP contribution is 2.60. The van der Waals surface area contributed by atoms with E-state index in [1.165, 1.54) is 11.4 Å². The summed E-state index contributed by atoms with van der Waals surface area (Å²) in [4.78, 5) is 5.95. The van der Waals surface area contributed by atoms with Crippen LogP contribution >= 0.6 is 11.3 Å². The molecule has 2 atom stereocenters. The second-order valence-corrected chi connectivity index (χ2v) is 8.23. The quantitative estimate of drug-likeness (QED) is 0.826. The number of aromatic nitrogens is 1. The SMILES string of the molecule is CC1(C)Cc2nc(C3CC3(C)C)sc2C(O)C1. The van der Waals surface area contributed by atoms with Gasteiger partial charge in [0.1, 0.15) is 0 Å². The maximum atomic E-state index is 10.2. The number of aliphatic hydroxyl groups is 1. The highest BCUT2D eigenvalue weighted by Gasteiger charge is 2.49. The number of hydrogen-bond donors (Lipinski definition) is 1. The first-order valence-electron chi connectivity index (χ1n) is 6.46. The number of hydrogen-bond acceptors (Lipinski definition) is 3. The number of nitrogens with zero attached hydrogens (tertiary/aromatic N) is 1. The summed E-state index contributed by atoms with van der Waals surface area (Å²) in [5.41, 5.74) is 1.79. The van der Waals surface area contributed by atoms with Crippen LogP contribution in [-0.4, -0.2) is 10.1 Å². The molecule has 1 saturated carbocycles. The van der Waals surface area contributed by atoms with E-state index in [9.17, 15) is 5.11 Å². The summed E-state index contributed by atoms with van der Waals surface area (Å²) in [6, 6.07) is 0. The summed E-state index contributed by atoms with van der Waals surface area (Å²) in [6.07, 6.45) is 2.85. The van der Waals surface area contributed by atoms with Crippen molar-refractivity contribution in [1.29, 1.82) is 0 Å². The molecule has 3 heteroatoms. The first-order valence-corrected chi connectivity index (χ1v) is 7.28. The van der Waals surface area contributed by atoms with Crippen LogP contribution in [0.25, 0.3) is 0 Å². The fourth-order valence-electron chi connectivity index (χ4n) is 2.95. The molecule has 1 N–H and O–H groups in total. The smallest absolute Gasteiger partial charge is 0.0968 e. The average Bonchev–Trinajstić information content (AvgIpc) is 2.63. The van der Waals surface area contributed by atoms with Crippen LogP contribution in [0, 0.1) is 10.8 Å². The van der Waals surface area contributed by atoms with Gasteiger partial charge in [-0.1, -0.05) is 27.7 Å². The van der Waals surface area contributed by atoms with Crippen LogP contribution in [-0.2, 0) is 6.42 Å². The summed E-state index contributed by atoms with van der Waals surface area (Å²) in [7, 11) is 0. The highest BCUT2D eigenvalue weighted by molar-refractivity contribution is 7.12. The van der Waals surface area contributed by atoms with Crippen molar-refractivity contribution in [1.82, 2.24) is 4.98 Å². The van der Waals surface area contributed by atoms with E-state index in [1.807, 2.05) is 0 Å². The van der Waals surface area contributed by atoms with Gasteiger partial charge in [0.25, 0.3) is 0 Å². The Morgan fingerprint density at radius 3 is 2.47 bits per heavy atom. The second kappa shape index (κ2) is 3.33. The molecule has 3 rings (SSSR count). The predicted octanol–water partition coefficient (Wildman–Crippen LogP) is 3.66. The summed E-state index contributed by atoms with van der Waals surface area (Å²) in [5, 5.41) is 11.5. The lowest BCUT2D eigenvalue weighted by molar-refractivity contribution is 0.102. The minimum Gasteiger partial charge on any atom is -0.387 e. The zero-order valence-electron chi connectivity index (χ0n) is 11.1. The lowest BCUT2D eigenvalue weighted by Gasteiger charge is -2.31. The van der Waals surface area contributed by atoms with Crippen LogP contribution in [0.4, 0.5) is 0 Å². The Balaban J connectivity index is 1.93. The van der Waals surface area contributed by atoms with E-state index >= 15 is 0 Å². The lowest BCUT2D eigenvalue weighted by atomic mass is 9.77. The molecule has 17 heavy (non-hydrogen) atoms. The van der Waals surface area contributed by atoms with Gasteiger partial charge in [0, 0.05) is 5.92 Å². The van der Waals surface area contributed by atoms with Crippen LogP contribution in [0.1, 0.15) is 68.1 Å². The molecule has 2 aliphatic rings. The summed E-state index contributed by atoms with van der Waals surface area (Å²) < 4.78 is 0. The van der Waals surface area contributed by atoms with Gasteiger partial charge in [-0.2, -0.15) is 0 Å². The monoisotopic (exact) mass is 251 g/mol. The zero-order valence-corrected chi connectivity index (χ0v) is 11.9. The zero-order chi connectivity index (χ0) is 12.4. The molecule has 0 aromatic carbocycles. The normalized spacial score (nSPS) is 33.2. The molecule has 1 aromatic rings. The Hall–Kier alpha value is -0.410. The number of fused-ring (bicyclic) bond motifs is 1. The maximum absolute atomic E-state index is 10.2. The van der Waals surface area contributed by atoms with Crippen molar-refractivity contribution in [2.45, 2.75) is 59.0 Å². The van der Waals surface area contributed by atoms with Gasteiger partial charge in [0.2, 0.25) is 0 Å². The van der Waals surface area contributed by atoms with Crippen LogP contribution in [0.15, 0.2) is 0 Å². The Morgan fingerprint density at radius 1 is 1.24 bits per heavy atom. The third-order valence-corrected chi connectivity index (χ3v) is 5.56. The van der Waals surface area contributed by atoms with Crippen molar-refractivity contribution in [2.75, 3.05) is 0 Å². The maximum Gasteiger partial charge on any atom is 0.0968 e. The average molecular weight is 251 g/mol. The molecule has 0 saturated heterocycles. The molecule has 2 aliphatic carbocycles. The standard InChI is InChI=1S/C14H21NOS/c1-13(2)6-9-11(10(16)7-13)17-12(15-9)8-5-14(8,3)4/h8,10,16H,5-7H2,1-4H3. The predicted molar refractivity (Wildman–Crippen MR) is 70.3 cm³/mol. The molecule has 1 heterocycles. The Morgan fingerprint density at radius 2 is 1.88 bits per heavy atom. The van der Waals surface area contributed by atoms with Gasteiger partial charge >= 0.3 is 0 Å². The van der Waals surface area contributed by atoms with Crippen molar-refractivity contribution < 1.29 is 5.11 Å². The van der Waals surface area contributed by atoms with Gasteiger partial charge in [-0.25, -0.2) is 4.98 Å². The van der Waals surface area contributed by atoms with E-state index in [0.29, 0.717) is 11.3 Å². The van der Waals surface area contributed by atoms with Crippen molar-refractivity contribution in [3.63, 3.8) is 0 Å². The summed E-state index contributed by atoms with van der Waals surface area (Å²) >= 11 is 1.76.